The molecule has 2 aliphatic rings. The van der Waals surface area contributed by atoms with E-state index >= 15 is 0 Å². The Labute approximate surface area is 182 Å². The summed E-state index contributed by atoms with van der Waals surface area (Å²) in [4.78, 5) is 26.0. The van der Waals surface area contributed by atoms with E-state index in [0.717, 1.165) is 5.56 Å². The SMILES string of the molecule is N#Cc1cn(Cc2ccc(Cl)cc2)c2c1C1(CC(=O)N2)C(=O)Nc2ccc(Cl)cc21. The molecule has 30 heavy (non-hydrogen) atoms. The van der Waals surface area contributed by atoms with Crippen molar-refractivity contribution in [3.05, 3.63) is 81.0 Å². The van der Waals surface area contributed by atoms with Gasteiger partial charge in [-0.25, -0.2) is 0 Å². The van der Waals surface area contributed by atoms with Crippen LogP contribution in [-0.2, 0) is 21.5 Å². The molecular formula is C22H14Cl2N4O2. The maximum absolute atomic E-state index is 13.2. The molecule has 1 atom stereocenters. The van der Waals surface area contributed by atoms with Crippen LogP contribution >= 0.6 is 23.2 Å². The minimum Gasteiger partial charge on any atom is -0.328 e. The average molecular weight is 437 g/mol. The molecule has 8 heteroatoms. The first-order chi connectivity index (χ1) is 14.4. The lowest BCUT2D eigenvalue weighted by Gasteiger charge is -2.32. The highest BCUT2D eigenvalue weighted by molar-refractivity contribution is 6.31. The molecule has 0 bridgehead atoms. The molecule has 0 aliphatic carbocycles. The van der Waals surface area contributed by atoms with Gasteiger partial charge in [-0.2, -0.15) is 5.26 Å². The first-order valence-electron chi connectivity index (χ1n) is 9.22. The fourth-order valence-corrected chi connectivity index (χ4v) is 4.68. The second-order valence-electron chi connectivity index (χ2n) is 7.41. The van der Waals surface area contributed by atoms with Crippen molar-refractivity contribution in [3.8, 4) is 6.07 Å². The van der Waals surface area contributed by atoms with Gasteiger partial charge in [-0.1, -0.05) is 35.3 Å². The lowest BCUT2D eigenvalue weighted by atomic mass is 9.70. The summed E-state index contributed by atoms with van der Waals surface area (Å²) in [7, 11) is 0. The zero-order chi connectivity index (χ0) is 21.0. The van der Waals surface area contributed by atoms with Crippen molar-refractivity contribution >= 4 is 46.5 Å². The molecule has 0 saturated carbocycles. The number of rotatable bonds is 2. The number of hydrogen-bond acceptors (Lipinski definition) is 3. The summed E-state index contributed by atoms with van der Waals surface area (Å²) in [6, 6.07) is 14.6. The quantitative estimate of drug-likeness (QED) is 0.627. The smallest absolute Gasteiger partial charge is 0.240 e. The molecule has 1 aromatic heterocycles. The van der Waals surface area contributed by atoms with Crippen molar-refractivity contribution < 1.29 is 9.59 Å². The third-order valence-corrected chi connectivity index (χ3v) is 6.14. The van der Waals surface area contributed by atoms with E-state index in [1.54, 1.807) is 41.1 Å². The van der Waals surface area contributed by atoms with Gasteiger partial charge in [0.05, 0.1) is 5.56 Å². The number of nitriles is 1. The van der Waals surface area contributed by atoms with Crippen molar-refractivity contribution in [2.24, 2.45) is 0 Å². The Kier molecular flexibility index (Phi) is 4.14. The van der Waals surface area contributed by atoms with E-state index in [9.17, 15) is 14.9 Å². The molecule has 1 unspecified atom stereocenters. The van der Waals surface area contributed by atoms with Gasteiger partial charge in [-0.15, -0.1) is 0 Å². The highest BCUT2D eigenvalue weighted by Crippen LogP contribution is 2.52. The van der Waals surface area contributed by atoms with Crippen LogP contribution in [0.2, 0.25) is 10.0 Å². The number of benzene rings is 2. The molecular weight excluding hydrogens is 423 g/mol. The van der Waals surface area contributed by atoms with Gasteiger partial charge < -0.3 is 15.2 Å². The van der Waals surface area contributed by atoms with Gasteiger partial charge >= 0.3 is 0 Å². The lowest BCUT2D eigenvalue weighted by molar-refractivity contribution is -0.125. The first-order valence-corrected chi connectivity index (χ1v) is 9.97. The summed E-state index contributed by atoms with van der Waals surface area (Å²) in [5.41, 5.74) is 1.68. The normalized spacial score (nSPS) is 19.1. The molecule has 2 N–H and O–H groups in total. The standard InChI is InChI=1S/C22H14Cl2N4O2/c23-14-3-1-12(2-4-14)10-28-11-13(9-25)19-20(28)27-18(29)8-22(19)16-7-15(24)5-6-17(16)26-21(22)30/h1-7,11H,8,10H2,(H,26,30)(H,27,29). The molecule has 3 heterocycles. The molecule has 2 aromatic carbocycles. The van der Waals surface area contributed by atoms with E-state index in [2.05, 4.69) is 16.7 Å². The molecule has 2 aliphatic heterocycles. The van der Waals surface area contributed by atoms with Crippen LogP contribution in [0.5, 0.6) is 0 Å². The predicted octanol–water partition coefficient (Wildman–Crippen LogP) is 4.30. The lowest BCUT2D eigenvalue weighted by Crippen LogP contribution is -2.44. The summed E-state index contributed by atoms with van der Waals surface area (Å²) in [6.07, 6.45) is 1.57. The number of halogens is 2. The molecule has 3 aromatic rings. The second-order valence-corrected chi connectivity index (χ2v) is 8.28. The summed E-state index contributed by atoms with van der Waals surface area (Å²) in [5, 5.41) is 16.6. The summed E-state index contributed by atoms with van der Waals surface area (Å²) in [6.45, 7) is 0.404. The highest BCUT2D eigenvalue weighted by atomic mass is 35.5. The average Bonchev–Trinajstić information content (AvgIpc) is 3.20. The third-order valence-electron chi connectivity index (χ3n) is 5.65. The number of anilines is 2. The van der Waals surface area contributed by atoms with E-state index in [1.807, 2.05) is 12.1 Å². The van der Waals surface area contributed by atoms with Crippen molar-refractivity contribution in [2.45, 2.75) is 18.4 Å². The fraction of sp³-hybridized carbons (Fsp3) is 0.136. The van der Waals surface area contributed by atoms with Crippen LogP contribution in [0.25, 0.3) is 0 Å². The zero-order valence-electron chi connectivity index (χ0n) is 15.5. The van der Waals surface area contributed by atoms with Crippen LogP contribution in [0.4, 0.5) is 11.5 Å². The Hall–Kier alpha value is -3.27. The van der Waals surface area contributed by atoms with Gasteiger partial charge in [-0.05, 0) is 41.5 Å². The number of carbonyl (C=O) groups excluding carboxylic acids is 2. The van der Waals surface area contributed by atoms with E-state index in [1.165, 1.54) is 0 Å². The number of nitrogens with zero attached hydrogens (tertiary/aromatic N) is 2. The van der Waals surface area contributed by atoms with E-state index in [-0.39, 0.29) is 18.2 Å². The molecule has 6 nitrogen and oxygen atoms in total. The van der Waals surface area contributed by atoms with Crippen molar-refractivity contribution in [3.63, 3.8) is 0 Å². The first kappa shape index (κ1) is 18.7. The molecule has 2 amide bonds. The Morgan fingerprint density at radius 3 is 2.53 bits per heavy atom. The van der Waals surface area contributed by atoms with Crippen LogP contribution in [-0.4, -0.2) is 16.4 Å². The molecule has 5 rings (SSSR count). The molecule has 0 radical (unpaired) electrons. The van der Waals surface area contributed by atoms with Crippen LogP contribution in [0.3, 0.4) is 0 Å². The number of amides is 2. The Bertz CT molecular complexity index is 1270. The van der Waals surface area contributed by atoms with E-state index < -0.39 is 5.41 Å². The Morgan fingerprint density at radius 1 is 1.07 bits per heavy atom. The molecule has 0 fully saturated rings. The highest BCUT2D eigenvalue weighted by Gasteiger charge is 2.55. The zero-order valence-corrected chi connectivity index (χ0v) is 17.0. The number of nitrogens with one attached hydrogen (secondary N) is 2. The van der Waals surface area contributed by atoms with Gasteiger partial charge in [0.15, 0.2) is 0 Å². The number of fused-ring (bicyclic) bond motifs is 4. The van der Waals surface area contributed by atoms with Crippen LogP contribution in [0, 0.1) is 11.3 Å². The maximum Gasteiger partial charge on any atom is 0.240 e. The third kappa shape index (κ3) is 2.63. The topological polar surface area (TPSA) is 86.9 Å². The largest absolute Gasteiger partial charge is 0.328 e. The Balaban J connectivity index is 1.73. The predicted molar refractivity (Wildman–Crippen MR) is 114 cm³/mol. The van der Waals surface area contributed by atoms with Crippen LogP contribution < -0.4 is 10.6 Å². The second kappa shape index (κ2) is 6.63. The van der Waals surface area contributed by atoms with E-state index in [4.69, 9.17) is 23.2 Å². The van der Waals surface area contributed by atoms with Gasteiger partial charge in [0, 0.05) is 40.5 Å². The Morgan fingerprint density at radius 2 is 1.80 bits per heavy atom. The van der Waals surface area contributed by atoms with Crippen LogP contribution in [0.1, 0.15) is 28.7 Å². The minimum atomic E-state index is -1.30. The van der Waals surface area contributed by atoms with Gasteiger partial charge in [0.1, 0.15) is 17.3 Å². The van der Waals surface area contributed by atoms with Gasteiger partial charge in [-0.3, -0.25) is 9.59 Å². The molecule has 1 spiro atoms. The van der Waals surface area contributed by atoms with Crippen molar-refractivity contribution in [1.82, 2.24) is 4.57 Å². The molecule has 0 saturated heterocycles. The van der Waals surface area contributed by atoms with Gasteiger partial charge in [0.25, 0.3) is 0 Å². The molecule has 148 valence electrons. The number of aromatic nitrogens is 1. The summed E-state index contributed by atoms with van der Waals surface area (Å²) >= 11 is 12.2. The fourth-order valence-electron chi connectivity index (χ4n) is 4.38. The number of hydrogen-bond donors (Lipinski definition) is 2. The monoisotopic (exact) mass is 436 g/mol. The van der Waals surface area contributed by atoms with Crippen molar-refractivity contribution in [2.75, 3.05) is 10.6 Å². The summed E-state index contributed by atoms with van der Waals surface area (Å²) in [5.74, 6) is -0.192. The van der Waals surface area contributed by atoms with Gasteiger partial charge in [0.2, 0.25) is 11.8 Å². The minimum absolute atomic E-state index is 0.0984. The van der Waals surface area contributed by atoms with Crippen molar-refractivity contribution in [1.29, 1.82) is 5.26 Å². The van der Waals surface area contributed by atoms with E-state index in [0.29, 0.717) is 44.8 Å². The summed E-state index contributed by atoms with van der Waals surface area (Å²) < 4.78 is 1.78. The number of carbonyl (C=O) groups is 2. The maximum atomic E-state index is 13.2. The van der Waals surface area contributed by atoms with Crippen LogP contribution in [0.15, 0.2) is 48.7 Å².